The van der Waals surface area contributed by atoms with E-state index in [1.54, 1.807) is 24.3 Å². The lowest BCUT2D eigenvalue weighted by Crippen LogP contribution is -2.47. The van der Waals surface area contributed by atoms with Crippen molar-refractivity contribution in [1.82, 2.24) is 10.2 Å². The second-order valence-corrected chi connectivity index (χ2v) is 7.58. The first kappa shape index (κ1) is 21.3. The Kier molecular flexibility index (Phi) is 6.66. The summed E-state index contributed by atoms with van der Waals surface area (Å²) < 4.78 is 5.79. The first-order valence-corrected chi connectivity index (χ1v) is 9.96. The number of amides is 2. The van der Waals surface area contributed by atoms with E-state index in [4.69, 9.17) is 4.74 Å². The van der Waals surface area contributed by atoms with E-state index < -0.39 is 10.8 Å². The molecule has 0 aromatic heterocycles. The third kappa shape index (κ3) is 5.14. The Bertz CT molecular complexity index is 922. The maximum Gasteiger partial charge on any atom is 0.270 e. The molecule has 1 heterocycles. The molecule has 8 heteroatoms. The molecule has 0 aliphatic carbocycles. The van der Waals surface area contributed by atoms with E-state index in [0.29, 0.717) is 31.7 Å². The largest absolute Gasteiger partial charge is 0.457 e. The first-order valence-electron chi connectivity index (χ1n) is 9.96. The summed E-state index contributed by atoms with van der Waals surface area (Å²) in [6.07, 6.45) is 1.27. The van der Waals surface area contributed by atoms with Gasteiger partial charge in [0.05, 0.1) is 10.5 Å². The van der Waals surface area contributed by atoms with Gasteiger partial charge in [-0.2, -0.15) is 0 Å². The van der Waals surface area contributed by atoms with Crippen LogP contribution in [0.5, 0.6) is 11.5 Å². The fourth-order valence-corrected chi connectivity index (χ4v) is 3.39. The lowest BCUT2D eigenvalue weighted by Gasteiger charge is -2.33. The number of likely N-dealkylation sites (tertiary alicyclic amines) is 1. The number of piperidine rings is 1. The number of hydrogen-bond donors (Lipinski definition) is 1. The van der Waals surface area contributed by atoms with Gasteiger partial charge in [-0.05, 0) is 31.0 Å². The zero-order valence-electron chi connectivity index (χ0n) is 17.0. The maximum atomic E-state index is 12.9. The second kappa shape index (κ2) is 9.39. The van der Waals surface area contributed by atoms with Crippen LogP contribution in [0.4, 0.5) is 5.69 Å². The highest BCUT2D eigenvalue weighted by molar-refractivity contribution is 5.98. The van der Waals surface area contributed by atoms with E-state index in [-0.39, 0.29) is 34.9 Å². The van der Waals surface area contributed by atoms with Crippen LogP contribution < -0.4 is 10.1 Å². The van der Waals surface area contributed by atoms with Crippen LogP contribution in [0.2, 0.25) is 0 Å². The van der Waals surface area contributed by atoms with Gasteiger partial charge in [0.1, 0.15) is 11.5 Å². The Balaban J connectivity index is 1.73. The fourth-order valence-electron chi connectivity index (χ4n) is 3.39. The average molecular weight is 411 g/mol. The second-order valence-electron chi connectivity index (χ2n) is 7.58. The molecule has 1 saturated heterocycles. The molecule has 2 amide bonds. The van der Waals surface area contributed by atoms with Crippen molar-refractivity contribution in [3.05, 3.63) is 64.2 Å². The minimum absolute atomic E-state index is 0.0568. The molecular formula is C22H25N3O5. The van der Waals surface area contributed by atoms with Gasteiger partial charge in [0.25, 0.3) is 11.6 Å². The molecule has 0 atom stereocenters. The van der Waals surface area contributed by atoms with Crippen LogP contribution in [0.15, 0.2) is 48.5 Å². The number of nitro benzene ring substituents is 1. The number of rotatable bonds is 6. The summed E-state index contributed by atoms with van der Waals surface area (Å²) in [5.41, 5.74) is -0.0772. The molecule has 1 fully saturated rings. The Morgan fingerprint density at radius 1 is 1.13 bits per heavy atom. The van der Waals surface area contributed by atoms with Gasteiger partial charge in [-0.3, -0.25) is 19.7 Å². The first-order chi connectivity index (χ1) is 14.3. The molecule has 8 nitrogen and oxygen atoms in total. The van der Waals surface area contributed by atoms with Gasteiger partial charge < -0.3 is 15.0 Å². The molecule has 1 N–H and O–H groups in total. The molecule has 0 radical (unpaired) electrons. The molecule has 0 spiro atoms. The summed E-state index contributed by atoms with van der Waals surface area (Å²) in [5.74, 6) is 0.395. The molecule has 0 saturated carbocycles. The molecule has 158 valence electrons. The van der Waals surface area contributed by atoms with Crippen LogP contribution in [0.1, 0.15) is 37.0 Å². The van der Waals surface area contributed by atoms with Gasteiger partial charge >= 0.3 is 0 Å². The summed E-state index contributed by atoms with van der Waals surface area (Å²) in [6, 6.07) is 12.8. The quantitative estimate of drug-likeness (QED) is 0.576. The number of carbonyl (C=O) groups is 2. The Labute approximate surface area is 175 Å². The lowest BCUT2D eigenvalue weighted by atomic mass is 10.0. The SMILES string of the molecule is CC(C)C(=O)N1CCC(NC(=O)c2cc([N+](=O)[O-])ccc2Oc2ccccc2)CC1. The predicted octanol–water partition coefficient (Wildman–Crippen LogP) is 3.76. The number of ether oxygens (including phenoxy) is 1. The summed E-state index contributed by atoms with van der Waals surface area (Å²) >= 11 is 0. The van der Waals surface area contributed by atoms with Crippen molar-refractivity contribution in [3.63, 3.8) is 0 Å². The third-order valence-electron chi connectivity index (χ3n) is 5.03. The summed E-state index contributed by atoms with van der Waals surface area (Å²) in [6.45, 7) is 4.88. The maximum absolute atomic E-state index is 12.9. The van der Waals surface area contributed by atoms with Crippen LogP contribution in [-0.2, 0) is 4.79 Å². The van der Waals surface area contributed by atoms with Crippen molar-refractivity contribution >= 4 is 17.5 Å². The Morgan fingerprint density at radius 3 is 2.40 bits per heavy atom. The molecule has 1 aliphatic rings. The molecular weight excluding hydrogens is 386 g/mol. The van der Waals surface area contributed by atoms with E-state index in [2.05, 4.69) is 5.32 Å². The van der Waals surface area contributed by atoms with Crippen LogP contribution in [-0.4, -0.2) is 40.8 Å². The van der Waals surface area contributed by atoms with Crippen molar-refractivity contribution in [2.24, 2.45) is 5.92 Å². The van der Waals surface area contributed by atoms with Crippen LogP contribution in [0.25, 0.3) is 0 Å². The highest BCUT2D eigenvalue weighted by atomic mass is 16.6. The summed E-state index contributed by atoms with van der Waals surface area (Å²) in [7, 11) is 0. The topological polar surface area (TPSA) is 102 Å². The van der Waals surface area contributed by atoms with E-state index in [0.717, 1.165) is 0 Å². The van der Waals surface area contributed by atoms with Crippen LogP contribution in [0.3, 0.4) is 0 Å². The van der Waals surface area contributed by atoms with E-state index in [1.807, 2.05) is 24.8 Å². The van der Waals surface area contributed by atoms with E-state index in [1.165, 1.54) is 18.2 Å². The smallest absolute Gasteiger partial charge is 0.270 e. The number of nitrogens with zero attached hydrogens (tertiary/aromatic N) is 2. The minimum atomic E-state index is -0.543. The van der Waals surface area contributed by atoms with Crippen LogP contribution in [0, 0.1) is 16.0 Å². The van der Waals surface area contributed by atoms with Crippen molar-refractivity contribution in [2.45, 2.75) is 32.7 Å². The van der Waals surface area contributed by atoms with Crippen LogP contribution >= 0.6 is 0 Å². The van der Waals surface area contributed by atoms with Crippen molar-refractivity contribution in [2.75, 3.05) is 13.1 Å². The summed E-state index contributed by atoms with van der Waals surface area (Å²) in [4.78, 5) is 37.5. The molecule has 0 bridgehead atoms. The molecule has 2 aromatic rings. The van der Waals surface area contributed by atoms with Gasteiger partial charge in [-0.1, -0.05) is 32.0 Å². The van der Waals surface area contributed by atoms with Gasteiger partial charge in [0.2, 0.25) is 5.91 Å². The van der Waals surface area contributed by atoms with Gasteiger partial charge in [0.15, 0.2) is 0 Å². The summed E-state index contributed by atoms with van der Waals surface area (Å²) in [5, 5.41) is 14.1. The van der Waals surface area contributed by atoms with Crippen molar-refractivity contribution < 1.29 is 19.2 Å². The number of hydrogen-bond acceptors (Lipinski definition) is 5. The number of benzene rings is 2. The predicted molar refractivity (Wildman–Crippen MR) is 112 cm³/mol. The third-order valence-corrected chi connectivity index (χ3v) is 5.03. The minimum Gasteiger partial charge on any atom is -0.457 e. The van der Waals surface area contributed by atoms with E-state index in [9.17, 15) is 19.7 Å². The average Bonchev–Trinajstić information content (AvgIpc) is 2.74. The number of nitrogens with one attached hydrogen (secondary N) is 1. The van der Waals surface area contributed by atoms with E-state index >= 15 is 0 Å². The molecule has 0 unspecified atom stereocenters. The number of para-hydroxylation sites is 1. The van der Waals surface area contributed by atoms with Crippen molar-refractivity contribution in [1.29, 1.82) is 0 Å². The number of nitro groups is 1. The standard InChI is InChI=1S/C22H25N3O5/c1-15(2)22(27)24-12-10-16(11-13-24)23-21(26)19-14-17(25(28)29)8-9-20(19)30-18-6-4-3-5-7-18/h3-9,14-16H,10-13H2,1-2H3,(H,23,26). The zero-order valence-corrected chi connectivity index (χ0v) is 17.0. The highest BCUT2D eigenvalue weighted by Gasteiger charge is 2.27. The molecule has 2 aromatic carbocycles. The highest BCUT2D eigenvalue weighted by Crippen LogP contribution is 2.29. The zero-order chi connectivity index (χ0) is 21.7. The lowest BCUT2D eigenvalue weighted by molar-refractivity contribution is -0.384. The number of carbonyl (C=O) groups excluding carboxylic acids is 2. The van der Waals surface area contributed by atoms with Gasteiger partial charge in [0, 0.05) is 37.2 Å². The molecule has 3 rings (SSSR count). The number of non-ortho nitro benzene ring substituents is 1. The molecule has 30 heavy (non-hydrogen) atoms. The normalized spacial score (nSPS) is 14.4. The van der Waals surface area contributed by atoms with Gasteiger partial charge in [-0.15, -0.1) is 0 Å². The Hall–Kier alpha value is -3.42. The van der Waals surface area contributed by atoms with Gasteiger partial charge in [-0.25, -0.2) is 0 Å². The Morgan fingerprint density at radius 2 is 1.80 bits per heavy atom. The fraction of sp³-hybridized carbons (Fsp3) is 0.364. The molecule has 1 aliphatic heterocycles. The monoisotopic (exact) mass is 411 g/mol. The van der Waals surface area contributed by atoms with Crippen molar-refractivity contribution in [3.8, 4) is 11.5 Å².